The Hall–Kier alpha value is -4.29. The van der Waals surface area contributed by atoms with Gasteiger partial charge in [0.15, 0.2) is 5.82 Å². The van der Waals surface area contributed by atoms with Crippen LogP contribution in [0.15, 0.2) is 36.4 Å². The van der Waals surface area contributed by atoms with Crippen LogP contribution in [0, 0.1) is 34.6 Å². The van der Waals surface area contributed by atoms with Gasteiger partial charge in [0, 0.05) is 19.0 Å². The van der Waals surface area contributed by atoms with Crippen molar-refractivity contribution < 1.29 is 23.3 Å². The molecule has 4 rings (SSSR count). The standard InChI is InChI=1S/C19H15F2N7O4/c1-10-23-24-25-27(10)13-3-4-14(20)16(7-13)22-19(30)11-6-18(29)26(9-11)12-2-5-15(21)17(8-12)28(31)32/h2-5,7-8,11H,6,9H2,1H3,(H,22,30). The molecule has 2 aromatic carbocycles. The fourth-order valence-electron chi connectivity index (χ4n) is 3.39. The first-order valence-corrected chi connectivity index (χ1v) is 9.34. The van der Waals surface area contributed by atoms with Crippen molar-refractivity contribution in [2.45, 2.75) is 13.3 Å². The number of benzene rings is 2. The molecule has 0 radical (unpaired) electrons. The largest absolute Gasteiger partial charge is 0.323 e. The molecule has 1 aromatic heterocycles. The number of aryl methyl sites for hydroxylation is 1. The molecule has 2 amide bonds. The van der Waals surface area contributed by atoms with Crippen molar-refractivity contribution in [2.24, 2.45) is 5.92 Å². The highest BCUT2D eigenvalue weighted by Gasteiger charge is 2.36. The minimum absolute atomic E-state index is 0.0964. The molecule has 0 bridgehead atoms. The molecule has 0 saturated carbocycles. The maximum atomic E-state index is 14.3. The van der Waals surface area contributed by atoms with Crippen LogP contribution in [0.4, 0.5) is 25.8 Å². The summed E-state index contributed by atoms with van der Waals surface area (Å²) in [6.45, 7) is 1.56. The fraction of sp³-hybridized carbons (Fsp3) is 0.211. The number of rotatable bonds is 5. The first-order chi connectivity index (χ1) is 15.2. The number of nitrogens with zero attached hydrogens (tertiary/aromatic N) is 6. The number of tetrazole rings is 1. The SMILES string of the molecule is Cc1nnnn1-c1ccc(F)c(NC(=O)C2CC(=O)N(c3ccc(F)c([N+](=O)[O-])c3)C2)c1. The van der Waals surface area contributed by atoms with Crippen molar-refractivity contribution in [1.82, 2.24) is 20.2 Å². The van der Waals surface area contributed by atoms with Gasteiger partial charge in [0.25, 0.3) is 0 Å². The number of carbonyl (C=O) groups excluding carboxylic acids is 2. The van der Waals surface area contributed by atoms with Gasteiger partial charge in [-0.05, 0) is 47.7 Å². The van der Waals surface area contributed by atoms with Crippen LogP contribution in [0.5, 0.6) is 0 Å². The van der Waals surface area contributed by atoms with Gasteiger partial charge in [-0.25, -0.2) is 4.39 Å². The summed E-state index contributed by atoms with van der Waals surface area (Å²) in [5, 5.41) is 24.5. The summed E-state index contributed by atoms with van der Waals surface area (Å²) in [4.78, 5) is 36.3. The number of carbonyl (C=O) groups is 2. The number of hydrogen-bond donors (Lipinski definition) is 1. The van der Waals surface area contributed by atoms with Gasteiger partial charge in [-0.3, -0.25) is 19.7 Å². The first-order valence-electron chi connectivity index (χ1n) is 9.34. The third kappa shape index (κ3) is 3.87. The number of halogens is 2. The summed E-state index contributed by atoms with van der Waals surface area (Å²) in [7, 11) is 0. The molecule has 2 heterocycles. The highest BCUT2D eigenvalue weighted by molar-refractivity contribution is 6.03. The second-order valence-corrected chi connectivity index (χ2v) is 7.09. The molecule has 3 aromatic rings. The number of nitro groups is 1. The molecule has 164 valence electrons. The molecular formula is C19H15F2N7O4. The van der Waals surface area contributed by atoms with Gasteiger partial charge in [-0.1, -0.05) is 0 Å². The molecule has 1 N–H and O–H groups in total. The van der Waals surface area contributed by atoms with Crippen LogP contribution < -0.4 is 10.2 Å². The summed E-state index contributed by atoms with van der Waals surface area (Å²) in [6, 6.07) is 6.99. The number of anilines is 2. The van der Waals surface area contributed by atoms with Crippen molar-refractivity contribution in [1.29, 1.82) is 0 Å². The second-order valence-electron chi connectivity index (χ2n) is 7.09. The Morgan fingerprint density at radius 2 is 1.91 bits per heavy atom. The van der Waals surface area contributed by atoms with E-state index in [1.165, 1.54) is 22.9 Å². The zero-order chi connectivity index (χ0) is 23.0. The Morgan fingerprint density at radius 3 is 2.59 bits per heavy atom. The van der Waals surface area contributed by atoms with Crippen LogP contribution >= 0.6 is 0 Å². The molecule has 11 nitrogen and oxygen atoms in total. The summed E-state index contributed by atoms with van der Waals surface area (Å²) < 4.78 is 29.2. The third-order valence-electron chi connectivity index (χ3n) is 5.01. The molecule has 32 heavy (non-hydrogen) atoms. The van der Waals surface area contributed by atoms with E-state index in [9.17, 15) is 28.5 Å². The van der Waals surface area contributed by atoms with E-state index in [1.54, 1.807) is 6.92 Å². The van der Waals surface area contributed by atoms with Crippen molar-refractivity contribution in [3.63, 3.8) is 0 Å². The van der Waals surface area contributed by atoms with Gasteiger partial charge in [0.2, 0.25) is 17.6 Å². The lowest BCUT2D eigenvalue weighted by Crippen LogP contribution is -2.28. The fourth-order valence-corrected chi connectivity index (χ4v) is 3.39. The Balaban J connectivity index is 1.52. The minimum atomic E-state index is -1.03. The van der Waals surface area contributed by atoms with E-state index >= 15 is 0 Å². The average Bonchev–Trinajstić information content (AvgIpc) is 3.35. The summed E-state index contributed by atoms with van der Waals surface area (Å²) >= 11 is 0. The Bertz CT molecular complexity index is 1250. The van der Waals surface area contributed by atoms with Gasteiger partial charge in [0.1, 0.15) is 5.82 Å². The molecular weight excluding hydrogens is 428 g/mol. The lowest BCUT2D eigenvalue weighted by atomic mass is 10.1. The van der Waals surface area contributed by atoms with Gasteiger partial charge in [-0.2, -0.15) is 9.07 Å². The summed E-state index contributed by atoms with van der Waals surface area (Å²) in [6.07, 6.45) is -0.190. The number of amides is 2. The predicted molar refractivity (Wildman–Crippen MR) is 106 cm³/mol. The van der Waals surface area contributed by atoms with Crippen molar-refractivity contribution in [3.05, 3.63) is 64.0 Å². The summed E-state index contributed by atoms with van der Waals surface area (Å²) in [5.41, 5.74) is -0.376. The average molecular weight is 443 g/mol. The van der Waals surface area contributed by atoms with Gasteiger partial charge < -0.3 is 10.2 Å². The highest BCUT2D eigenvalue weighted by Crippen LogP contribution is 2.30. The summed E-state index contributed by atoms with van der Waals surface area (Å²) in [5.74, 6) is -3.19. The van der Waals surface area contributed by atoms with Crippen LogP contribution in [-0.4, -0.2) is 43.5 Å². The van der Waals surface area contributed by atoms with Crippen LogP contribution in [0.2, 0.25) is 0 Å². The normalized spacial score (nSPS) is 15.8. The third-order valence-corrected chi connectivity index (χ3v) is 5.01. The van der Waals surface area contributed by atoms with E-state index in [2.05, 4.69) is 20.8 Å². The monoisotopic (exact) mass is 443 g/mol. The van der Waals surface area contributed by atoms with Crippen LogP contribution in [0.25, 0.3) is 5.69 Å². The maximum absolute atomic E-state index is 14.3. The molecule has 1 aliphatic heterocycles. The minimum Gasteiger partial charge on any atom is -0.323 e. The molecule has 1 saturated heterocycles. The first kappa shape index (κ1) is 21.0. The molecule has 1 atom stereocenters. The lowest BCUT2D eigenvalue weighted by molar-refractivity contribution is -0.387. The second kappa shape index (κ2) is 8.09. The van der Waals surface area contributed by atoms with Crippen molar-refractivity contribution >= 4 is 28.9 Å². The van der Waals surface area contributed by atoms with E-state index in [1.807, 2.05) is 0 Å². The number of aromatic nitrogens is 4. The number of nitrogens with one attached hydrogen (secondary N) is 1. The van der Waals surface area contributed by atoms with Gasteiger partial charge in [0.05, 0.1) is 27.9 Å². The van der Waals surface area contributed by atoms with Gasteiger partial charge >= 0.3 is 5.69 Å². The van der Waals surface area contributed by atoms with Crippen LogP contribution in [-0.2, 0) is 9.59 Å². The Labute approximate surface area is 178 Å². The van der Waals surface area contributed by atoms with Crippen LogP contribution in [0.1, 0.15) is 12.2 Å². The molecule has 1 aliphatic rings. The Kier molecular flexibility index (Phi) is 5.30. The van der Waals surface area contributed by atoms with E-state index in [0.717, 1.165) is 23.1 Å². The quantitative estimate of drug-likeness (QED) is 0.471. The zero-order valence-electron chi connectivity index (χ0n) is 16.5. The smallest absolute Gasteiger partial charge is 0.306 e. The topological polar surface area (TPSA) is 136 Å². The zero-order valence-corrected chi connectivity index (χ0v) is 16.5. The maximum Gasteiger partial charge on any atom is 0.306 e. The molecule has 13 heteroatoms. The van der Waals surface area contributed by atoms with E-state index < -0.39 is 40.0 Å². The van der Waals surface area contributed by atoms with E-state index in [4.69, 9.17) is 0 Å². The molecule has 1 fully saturated rings. The highest BCUT2D eigenvalue weighted by atomic mass is 19.1. The number of nitro benzene ring substituents is 1. The molecule has 1 unspecified atom stereocenters. The van der Waals surface area contributed by atoms with E-state index in [0.29, 0.717) is 11.5 Å². The molecule has 0 spiro atoms. The van der Waals surface area contributed by atoms with Gasteiger partial charge in [-0.15, -0.1) is 5.10 Å². The Morgan fingerprint density at radius 1 is 1.19 bits per heavy atom. The molecule has 0 aliphatic carbocycles. The van der Waals surface area contributed by atoms with Crippen LogP contribution in [0.3, 0.4) is 0 Å². The predicted octanol–water partition coefficient (Wildman–Crippen LogP) is 2.15. The number of hydrogen-bond acceptors (Lipinski definition) is 7. The van der Waals surface area contributed by atoms with Crippen molar-refractivity contribution in [2.75, 3.05) is 16.8 Å². The van der Waals surface area contributed by atoms with E-state index in [-0.39, 0.29) is 24.3 Å². The van der Waals surface area contributed by atoms with Crippen molar-refractivity contribution in [3.8, 4) is 5.69 Å². The lowest BCUT2D eigenvalue weighted by Gasteiger charge is -2.17.